The van der Waals surface area contributed by atoms with Crippen molar-refractivity contribution in [3.63, 3.8) is 0 Å². The van der Waals surface area contributed by atoms with Crippen LogP contribution < -0.4 is 11.1 Å². The highest BCUT2D eigenvalue weighted by Gasteiger charge is 2.32. The van der Waals surface area contributed by atoms with Gasteiger partial charge >= 0.3 is 6.03 Å². The van der Waals surface area contributed by atoms with E-state index >= 15 is 0 Å². The van der Waals surface area contributed by atoms with E-state index in [1.807, 2.05) is 0 Å². The summed E-state index contributed by atoms with van der Waals surface area (Å²) in [5, 5.41) is 2.85. The second-order valence-electron chi connectivity index (χ2n) is 5.15. The summed E-state index contributed by atoms with van der Waals surface area (Å²) in [6.45, 7) is 3.23. The van der Waals surface area contributed by atoms with E-state index in [2.05, 4.69) is 36.5 Å². The molecule has 0 radical (unpaired) electrons. The van der Waals surface area contributed by atoms with Gasteiger partial charge in [0.1, 0.15) is 6.04 Å². The van der Waals surface area contributed by atoms with E-state index < -0.39 is 11.9 Å². The summed E-state index contributed by atoms with van der Waals surface area (Å²) in [5.41, 5.74) is 6.54. The van der Waals surface area contributed by atoms with Crippen molar-refractivity contribution >= 4 is 23.7 Å². The Morgan fingerprint density at radius 2 is 2.10 bits per heavy atom. The van der Waals surface area contributed by atoms with Gasteiger partial charge in [-0.1, -0.05) is 17.7 Å². The van der Waals surface area contributed by atoms with Gasteiger partial charge in [-0.3, -0.25) is 4.79 Å². The zero-order chi connectivity index (χ0) is 15.2. The number of hydrogen-bond donors (Lipinski definition) is 2. The second-order valence-corrected chi connectivity index (χ2v) is 6.32. The molecular weight excluding hydrogens is 286 g/mol. The molecular formula is C15H21N3O2S. The number of nitrogens with two attached hydrogens (primary N) is 1. The smallest absolute Gasteiger partial charge is 0.318 e. The quantitative estimate of drug-likeness (QED) is 0.643. The Balaban J connectivity index is 1.72. The van der Waals surface area contributed by atoms with Gasteiger partial charge in [-0.25, -0.2) is 4.79 Å². The molecule has 1 fully saturated rings. The molecule has 6 heteroatoms. The summed E-state index contributed by atoms with van der Waals surface area (Å²) in [5.74, 6) is 0.376. The third kappa shape index (κ3) is 4.39. The fraction of sp³-hybridized carbons (Fsp3) is 0.467. The molecule has 3 amide bonds. The molecule has 1 unspecified atom stereocenters. The first-order valence-corrected chi connectivity index (χ1v) is 8.10. The van der Waals surface area contributed by atoms with Gasteiger partial charge in [0.2, 0.25) is 5.91 Å². The molecule has 1 aliphatic rings. The van der Waals surface area contributed by atoms with Crippen molar-refractivity contribution < 1.29 is 9.59 Å². The van der Waals surface area contributed by atoms with Gasteiger partial charge in [0.15, 0.2) is 0 Å². The van der Waals surface area contributed by atoms with Crippen LogP contribution in [0.2, 0.25) is 0 Å². The summed E-state index contributed by atoms with van der Waals surface area (Å²) in [7, 11) is 0. The number of urea groups is 1. The number of likely N-dealkylation sites (tertiary alicyclic amines) is 1. The minimum atomic E-state index is -0.449. The van der Waals surface area contributed by atoms with Crippen molar-refractivity contribution in [1.29, 1.82) is 0 Å². The molecule has 5 nitrogen and oxygen atoms in total. The van der Waals surface area contributed by atoms with Crippen LogP contribution in [0.1, 0.15) is 18.4 Å². The molecule has 1 aromatic carbocycles. The first-order valence-electron chi connectivity index (χ1n) is 7.11. The zero-order valence-electron chi connectivity index (χ0n) is 12.2. The van der Waals surface area contributed by atoms with Crippen LogP contribution in [0.25, 0.3) is 0 Å². The molecule has 0 bridgehead atoms. The van der Waals surface area contributed by atoms with Crippen LogP contribution in [-0.2, 0) is 4.79 Å². The fourth-order valence-corrected chi connectivity index (χ4v) is 3.14. The van der Waals surface area contributed by atoms with Crippen LogP contribution in [0.15, 0.2) is 29.2 Å². The molecule has 21 heavy (non-hydrogen) atoms. The molecule has 1 saturated heterocycles. The van der Waals surface area contributed by atoms with Gasteiger partial charge in [-0.15, -0.1) is 11.8 Å². The number of amides is 3. The third-order valence-corrected chi connectivity index (χ3v) is 4.52. The lowest BCUT2D eigenvalue weighted by molar-refractivity contribution is -0.121. The van der Waals surface area contributed by atoms with Crippen molar-refractivity contribution in [3.05, 3.63) is 29.8 Å². The first kappa shape index (κ1) is 15.7. The Morgan fingerprint density at radius 3 is 2.76 bits per heavy atom. The minimum Gasteiger partial charge on any atom is -0.368 e. The van der Waals surface area contributed by atoms with Gasteiger partial charge in [0, 0.05) is 23.7 Å². The number of thioether (sulfide) groups is 1. The van der Waals surface area contributed by atoms with Gasteiger partial charge in [0.05, 0.1) is 0 Å². The van der Waals surface area contributed by atoms with Crippen LogP contribution in [0.4, 0.5) is 4.79 Å². The molecule has 1 aromatic rings. The summed E-state index contributed by atoms with van der Waals surface area (Å²) in [4.78, 5) is 26.0. The monoisotopic (exact) mass is 307 g/mol. The lowest BCUT2D eigenvalue weighted by Crippen LogP contribution is -2.48. The molecule has 0 aromatic heterocycles. The van der Waals surface area contributed by atoms with E-state index in [1.54, 1.807) is 16.7 Å². The fourth-order valence-electron chi connectivity index (χ4n) is 2.37. The highest BCUT2D eigenvalue weighted by molar-refractivity contribution is 7.99. The molecule has 2 rings (SSSR count). The van der Waals surface area contributed by atoms with Crippen LogP contribution in [-0.4, -0.2) is 41.7 Å². The average Bonchev–Trinajstić information content (AvgIpc) is 2.95. The molecule has 0 saturated carbocycles. The third-order valence-electron chi connectivity index (χ3n) is 3.51. The largest absolute Gasteiger partial charge is 0.368 e. The van der Waals surface area contributed by atoms with Crippen LogP contribution >= 0.6 is 11.8 Å². The van der Waals surface area contributed by atoms with Gasteiger partial charge < -0.3 is 16.0 Å². The van der Waals surface area contributed by atoms with E-state index in [4.69, 9.17) is 5.73 Å². The Bertz CT molecular complexity index is 504. The summed E-state index contributed by atoms with van der Waals surface area (Å²) < 4.78 is 0. The number of aryl methyl sites for hydroxylation is 1. The van der Waals surface area contributed by atoms with E-state index in [0.717, 1.165) is 12.2 Å². The summed E-state index contributed by atoms with van der Waals surface area (Å²) >= 11 is 1.70. The van der Waals surface area contributed by atoms with Crippen LogP contribution in [0, 0.1) is 6.92 Å². The Morgan fingerprint density at radius 1 is 1.38 bits per heavy atom. The maximum Gasteiger partial charge on any atom is 0.318 e. The maximum absolute atomic E-state index is 12.0. The minimum absolute atomic E-state index is 0.194. The number of carbonyl (C=O) groups excluding carboxylic acids is 2. The molecule has 1 heterocycles. The molecule has 1 atom stereocenters. The highest BCUT2D eigenvalue weighted by Crippen LogP contribution is 2.18. The predicted octanol–water partition coefficient (Wildman–Crippen LogP) is 1.75. The van der Waals surface area contributed by atoms with E-state index in [9.17, 15) is 9.59 Å². The number of primary amides is 1. The molecule has 0 aliphatic carbocycles. The topological polar surface area (TPSA) is 75.4 Å². The molecule has 3 N–H and O–H groups in total. The normalized spacial score (nSPS) is 17.8. The van der Waals surface area contributed by atoms with Gasteiger partial charge in [-0.05, 0) is 31.9 Å². The number of nitrogens with one attached hydrogen (secondary N) is 1. The SMILES string of the molecule is Cc1ccc(SCCNC(=O)N2CCCC2C(N)=O)cc1. The molecule has 1 aliphatic heterocycles. The van der Waals surface area contributed by atoms with Crippen LogP contribution in [0.3, 0.4) is 0 Å². The zero-order valence-corrected chi connectivity index (χ0v) is 13.0. The van der Waals surface area contributed by atoms with E-state index in [-0.39, 0.29) is 6.03 Å². The lowest BCUT2D eigenvalue weighted by atomic mass is 10.2. The predicted molar refractivity (Wildman–Crippen MR) is 84.2 cm³/mol. The number of benzene rings is 1. The van der Waals surface area contributed by atoms with Crippen molar-refractivity contribution in [1.82, 2.24) is 10.2 Å². The number of carbonyl (C=O) groups is 2. The number of hydrogen-bond acceptors (Lipinski definition) is 3. The average molecular weight is 307 g/mol. The maximum atomic E-state index is 12.0. The first-order chi connectivity index (χ1) is 10.1. The Hall–Kier alpha value is -1.69. The Labute approximate surface area is 129 Å². The molecule has 114 valence electrons. The molecule has 0 spiro atoms. The van der Waals surface area contributed by atoms with Crippen LogP contribution in [0.5, 0.6) is 0 Å². The van der Waals surface area contributed by atoms with Crippen molar-refractivity contribution in [2.24, 2.45) is 5.73 Å². The van der Waals surface area contributed by atoms with Crippen molar-refractivity contribution in [2.45, 2.75) is 30.7 Å². The van der Waals surface area contributed by atoms with Crippen molar-refractivity contribution in [2.75, 3.05) is 18.8 Å². The number of rotatable bonds is 5. The second kappa shape index (κ2) is 7.36. The van der Waals surface area contributed by atoms with E-state index in [0.29, 0.717) is 19.5 Å². The Kier molecular flexibility index (Phi) is 5.50. The van der Waals surface area contributed by atoms with Gasteiger partial charge in [-0.2, -0.15) is 0 Å². The lowest BCUT2D eigenvalue weighted by Gasteiger charge is -2.22. The van der Waals surface area contributed by atoms with Gasteiger partial charge in [0.25, 0.3) is 0 Å². The highest BCUT2D eigenvalue weighted by atomic mass is 32.2. The summed E-state index contributed by atoms with van der Waals surface area (Å²) in [6, 6.07) is 7.65. The standard InChI is InChI=1S/C15H21N3O2S/c1-11-4-6-12(7-5-11)21-10-8-17-15(20)18-9-2-3-13(18)14(16)19/h4-7,13H,2-3,8-10H2,1H3,(H2,16,19)(H,17,20). The van der Waals surface area contributed by atoms with E-state index in [1.165, 1.54) is 10.5 Å². The summed E-state index contributed by atoms with van der Waals surface area (Å²) in [6.07, 6.45) is 1.50. The number of nitrogens with zero attached hydrogens (tertiary/aromatic N) is 1. The van der Waals surface area contributed by atoms with Crippen molar-refractivity contribution in [3.8, 4) is 0 Å².